The van der Waals surface area contributed by atoms with Crippen LogP contribution >= 0.6 is 0 Å². The highest BCUT2D eigenvalue weighted by atomic mass is 32.2. The third kappa shape index (κ3) is 4.77. The molecule has 0 aliphatic carbocycles. The van der Waals surface area contributed by atoms with Gasteiger partial charge < -0.3 is 20.1 Å². The molecule has 10 heteroatoms. The van der Waals surface area contributed by atoms with E-state index in [1.807, 2.05) is 0 Å². The number of ether oxygens (including phenoxy) is 2. The van der Waals surface area contributed by atoms with Crippen LogP contribution in [0.3, 0.4) is 0 Å². The standard InChI is InChI=1S/C22H25N3O6S/c23-21(26)13-16-1-3-18(4-2-16)31-15-22(27)25-8-7-17-14-19(5-6-20(17)25)32(28,29)24-9-11-30-12-10-24/h1-6,14H,7-13,15H2,(H2,23,26). The second-order valence-electron chi connectivity index (χ2n) is 7.68. The van der Waals surface area contributed by atoms with E-state index in [0.717, 1.165) is 11.1 Å². The molecule has 0 radical (unpaired) electrons. The Kier molecular flexibility index (Phi) is 6.45. The van der Waals surface area contributed by atoms with Gasteiger partial charge in [0.2, 0.25) is 15.9 Å². The number of benzene rings is 2. The summed E-state index contributed by atoms with van der Waals surface area (Å²) in [5, 5.41) is 0. The van der Waals surface area contributed by atoms with Gasteiger partial charge in [-0.25, -0.2) is 8.42 Å². The lowest BCUT2D eigenvalue weighted by Crippen LogP contribution is -2.40. The molecule has 32 heavy (non-hydrogen) atoms. The zero-order chi connectivity index (χ0) is 22.7. The third-order valence-electron chi connectivity index (χ3n) is 5.52. The summed E-state index contributed by atoms with van der Waals surface area (Å²) in [6.45, 7) is 1.77. The average Bonchev–Trinajstić information content (AvgIpc) is 3.22. The van der Waals surface area contributed by atoms with E-state index >= 15 is 0 Å². The summed E-state index contributed by atoms with van der Waals surface area (Å²) < 4.78 is 38.0. The first-order chi connectivity index (χ1) is 15.3. The number of rotatable bonds is 7. The molecule has 4 rings (SSSR count). The molecule has 1 fully saturated rings. The van der Waals surface area contributed by atoms with Gasteiger partial charge in [0.25, 0.3) is 5.91 Å². The molecule has 2 aliphatic rings. The van der Waals surface area contributed by atoms with E-state index in [-0.39, 0.29) is 23.8 Å². The first kappa shape index (κ1) is 22.3. The largest absolute Gasteiger partial charge is 0.484 e. The molecule has 0 saturated carbocycles. The molecule has 2 heterocycles. The summed E-state index contributed by atoms with van der Waals surface area (Å²) in [6, 6.07) is 11.7. The lowest BCUT2D eigenvalue weighted by atomic mass is 10.1. The van der Waals surface area contributed by atoms with Crippen molar-refractivity contribution >= 4 is 27.5 Å². The van der Waals surface area contributed by atoms with E-state index in [1.54, 1.807) is 47.4 Å². The number of primary amides is 1. The molecule has 0 aromatic heterocycles. The summed E-state index contributed by atoms with van der Waals surface area (Å²) >= 11 is 0. The maximum atomic E-state index is 12.9. The maximum Gasteiger partial charge on any atom is 0.264 e. The number of nitrogens with two attached hydrogens (primary N) is 1. The normalized spacial score (nSPS) is 16.6. The number of hydrogen-bond acceptors (Lipinski definition) is 6. The van der Waals surface area contributed by atoms with Crippen molar-refractivity contribution in [2.45, 2.75) is 17.7 Å². The number of amides is 2. The first-order valence-electron chi connectivity index (χ1n) is 10.4. The average molecular weight is 460 g/mol. The molecule has 1 saturated heterocycles. The summed E-state index contributed by atoms with van der Waals surface area (Å²) in [5.74, 6) is -0.117. The van der Waals surface area contributed by atoms with Crippen molar-refractivity contribution in [2.24, 2.45) is 5.73 Å². The van der Waals surface area contributed by atoms with E-state index < -0.39 is 15.9 Å². The van der Waals surface area contributed by atoms with Gasteiger partial charge in [0, 0.05) is 25.3 Å². The molecule has 2 N–H and O–H groups in total. The molecular formula is C22H25N3O6S. The molecule has 9 nitrogen and oxygen atoms in total. The van der Waals surface area contributed by atoms with E-state index in [1.165, 1.54) is 4.31 Å². The zero-order valence-corrected chi connectivity index (χ0v) is 18.3. The van der Waals surface area contributed by atoms with Crippen molar-refractivity contribution in [1.29, 1.82) is 0 Å². The molecular weight excluding hydrogens is 434 g/mol. The molecule has 2 amide bonds. The van der Waals surface area contributed by atoms with Crippen molar-refractivity contribution in [2.75, 3.05) is 44.4 Å². The van der Waals surface area contributed by atoms with E-state index in [2.05, 4.69) is 0 Å². The molecule has 0 spiro atoms. The SMILES string of the molecule is NC(=O)Cc1ccc(OCC(=O)N2CCc3cc(S(=O)(=O)N4CCOCC4)ccc32)cc1. The van der Waals surface area contributed by atoms with Crippen LogP contribution in [0.5, 0.6) is 5.75 Å². The molecule has 2 aromatic rings. The summed E-state index contributed by atoms with van der Waals surface area (Å²) in [6.07, 6.45) is 0.725. The van der Waals surface area contributed by atoms with E-state index in [0.29, 0.717) is 50.7 Å². The quantitative estimate of drug-likeness (QED) is 0.651. The van der Waals surface area contributed by atoms with Crippen molar-refractivity contribution < 1.29 is 27.5 Å². The highest BCUT2D eigenvalue weighted by Crippen LogP contribution is 2.31. The van der Waals surface area contributed by atoms with Crippen LogP contribution < -0.4 is 15.4 Å². The Labute approximate surface area is 186 Å². The van der Waals surface area contributed by atoms with Gasteiger partial charge >= 0.3 is 0 Å². The van der Waals surface area contributed by atoms with Gasteiger partial charge in [-0.05, 0) is 47.9 Å². The lowest BCUT2D eigenvalue weighted by molar-refractivity contribution is -0.120. The van der Waals surface area contributed by atoms with Crippen LogP contribution in [0.4, 0.5) is 5.69 Å². The second-order valence-corrected chi connectivity index (χ2v) is 9.62. The summed E-state index contributed by atoms with van der Waals surface area (Å²) in [7, 11) is -3.58. The Balaban J connectivity index is 1.40. The summed E-state index contributed by atoms with van der Waals surface area (Å²) in [4.78, 5) is 25.5. The molecule has 2 aliphatic heterocycles. The Morgan fingerprint density at radius 2 is 1.75 bits per heavy atom. The predicted octanol–water partition coefficient (Wildman–Crippen LogP) is 0.703. The number of carbonyl (C=O) groups is 2. The zero-order valence-electron chi connectivity index (χ0n) is 17.5. The van der Waals surface area contributed by atoms with Crippen LogP contribution in [0.15, 0.2) is 47.4 Å². The minimum absolute atomic E-state index is 0.146. The highest BCUT2D eigenvalue weighted by molar-refractivity contribution is 7.89. The monoisotopic (exact) mass is 459 g/mol. The lowest BCUT2D eigenvalue weighted by Gasteiger charge is -2.26. The number of anilines is 1. The fourth-order valence-corrected chi connectivity index (χ4v) is 5.32. The van der Waals surface area contributed by atoms with Crippen LogP contribution in [0.2, 0.25) is 0 Å². The van der Waals surface area contributed by atoms with Crippen molar-refractivity contribution in [3.8, 4) is 5.75 Å². The number of hydrogen-bond donors (Lipinski definition) is 1. The predicted molar refractivity (Wildman–Crippen MR) is 117 cm³/mol. The smallest absolute Gasteiger partial charge is 0.264 e. The fraction of sp³-hybridized carbons (Fsp3) is 0.364. The number of sulfonamides is 1. The van der Waals surface area contributed by atoms with Crippen LogP contribution in [0.1, 0.15) is 11.1 Å². The molecule has 0 atom stereocenters. The van der Waals surface area contributed by atoms with Crippen LogP contribution in [0.25, 0.3) is 0 Å². The minimum Gasteiger partial charge on any atom is -0.484 e. The minimum atomic E-state index is -3.58. The molecule has 0 bridgehead atoms. The van der Waals surface area contributed by atoms with Gasteiger partial charge in [-0.2, -0.15) is 4.31 Å². The van der Waals surface area contributed by atoms with Crippen LogP contribution in [0, 0.1) is 0 Å². The van der Waals surface area contributed by atoms with Gasteiger partial charge in [0.1, 0.15) is 5.75 Å². The molecule has 0 unspecified atom stereocenters. The van der Waals surface area contributed by atoms with E-state index in [9.17, 15) is 18.0 Å². The Hall–Kier alpha value is -2.95. The maximum absolute atomic E-state index is 12.9. The fourth-order valence-electron chi connectivity index (χ4n) is 3.86. The van der Waals surface area contributed by atoms with Gasteiger partial charge in [-0.1, -0.05) is 12.1 Å². The second kappa shape index (κ2) is 9.27. The van der Waals surface area contributed by atoms with Gasteiger partial charge in [-0.3, -0.25) is 9.59 Å². The van der Waals surface area contributed by atoms with E-state index in [4.69, 9.17) is 15.2 Å². The van der Waals surface area contributed by atoms with Crippen molar-refractivity contribution in [3.05, 3.63) is 53.6 Å². The molecule has 170 valence electrons. The Morgan fingerprint density at radius 1 is 1.03 bits per heavy atom. The third-order valence-corrected chi connectivity index (χ3v) is 7.41. The van der Waals surface area contributed by atoms with Gasteiger partial charge in [-0.15, -0.1) is 0 Å². The topological polar surface area (TPSA) is 119 Å². The highest BCUT2D eigenvalue weighted by Gasteiger charge is 2.30. The number of nitrogens with zero attached hydrogens (tertiary/aromatic N) is 2. The Morgan fingerprint density at radius 3 is 2.44 bits per heavy atom. The molecule has 2 aromatic carbocycles. The number of fused-ring (bicyclic) bond motifs is 1. The van der Waals surface area contributed by atoms with Gasteiger partial charge in [0.05, 0.1) is 24.5 Å². The van der Waals surface area contributed by atoms with Crippen molar-refractivity contribution in [1.82, 2.24) is 4.31 Å². The summed E-state index contributed by atoms with van der Waals surface area (Å²) in [5.41, 5.74) is 7.48. The van der Waals surface area contributed by atoms with Gasteiger partial charge in [0.15, 0.2) is 6.61 Å². The van der Waals surface area contributed by atoms with Crippen molar-refractivity contribution in [3.63, 3.8) is 0 Å². The van der Waals surface area contributed by atoms with Crippen LogP contribution in [-0.2, 0) is 37.2 Å². The first-order valence-corrected chi connectivity index (χ1v) is 11.8. The number of carbonyl (C=O) groups excluding carboxylic acids is 2. The Bertz CT molecular complexity index is 1110. The number of morpholine rings is 1. The van der Waals surface area contributed by atoms with Crippen LogP contribution in [-0.4, -0.2) is 64.0 Å².